The number of nitrogens with zero attached hydrogens (tertiary/aromatic N) is 1. The van der Waals surface area contributed by atoms with Crippen molar-refractivity contribution >= 4 is 0 Å². The smallest absolute Gasteiger partial charge is 0.0615 e. The van der Waals surface area contributed by atoms with Gasteiger partial charge in [0.05, 0.1) is 6.61 Å². The molecule has 0 radical (unpaired) electrons. The highest BCUT2D eigenvalue weighted by Gasteiger charge is 2.10. The number of hydrogen-bond donors (Lipinski definition) is 2. The second kappa shape index (κ2) is 9.09. The molecule has 15 heavy (non-hydrogen) atoms. The van der Waals surface area contributed by atoms with Gasteiger partial charge in [0.15, 0.2) is 0 Å². The largest absolute Gasteiger partial charge is 0.383 e. The summed E-state index contributed by atoms with van der Waals surface area (Å²) in [5.74, 6) is 0. The van der Waals surface area contributed by atoms with Crippen molar-refractivity contribution in [1.82, 2.24) is 10.2 Å². The van der Waals surface area contributed by atoms with E-state index >= 15 is 0 Å². The second-order valence-electron chi connectivity index (χ2n) is 4.30. The number of nitrogens with one attached hydrogen (secondary N) is 1. The molecule has 0 aliphatic heterocycles. The monoisotopic (exact) mass is 217 g/mol. The zero-order chi connectivity index (χ0) is 11.7. The van der Waals surface area contributed by atoms with E-state index in [1.165, 1.54) is 0 Å². The van der Waals surface area contributed by atoms with Gasteiger partial charge in [0.1, 0.15) is 0 Å². The van der Waals surface area contributed by atoms with E-state index in [9.17, 15) is 0 Å². The van der Waals surface area contributed by atoms with Crippen LogP contribution >= 0.6 is 0 Å². The zero-order valence-corrected chi connectivity index (χ0v) is 10.6. The Bertz CT molecular complexity index is 142. The first-order valence-corrected chi connectivity index (χ1v) is 5.70. The summed E-state index contributed by atoms with van der Waals surface area (Å²) in [4.78, 5) is 2.21. The molecule has 0 amide bonds. The minimum atomic E-state index is 0.431. The molecule has 0 heterocycles. The fraction of sp³-hybridized carbons (Fsp3) is 1.00. The van der Waals surface area contributed by atoms with Crippen molar-refractivity contribution in [2.45, 2.75) is 31.8 Å². The van der Waals surface area contributed by atoms with Crippen molar-refractivity contribution in [1.29, 1.82) is 0 Å². The van der Waals surface area contributed by atoms with E-state index in [1.54, 1.807) is 7.11 Å². The Morgan fingerprint density at radius 3 is 2.53 bits per heavy atom. The summed E-state index contributed by atoms with van der Waals surface area (Å²) in [6.45, 7) is 4.72. The minimum Gasteiger partial charge on any atom is -0.383 e. The van der Waals surface area contributed by atoms with Crippen LogP contribution in [0.3, 0.4) is 0 Å². The maximum Gasteiger partial charge on any atom is 0.0615 e. The van der Waals surface area contributed by atoms with Crippen molar-refractivity contribution < 1.29 is 4.74 Å². The van der Waals surface area contributed by atoms with Gasteiger partial charge < -0.3 is 20.7 Å². The molecule has 4 heteroatoms. The van der Waals surface area contributed by atoms with Gasteiger partial charge in [0.25, 0.3) is 0 Å². The van der Waals surface area contributed by atoms with Gasteiger partial charge in [-0.2, -0.15) is 0 Å². The number of nitrogens with two attached hydrogens (primary N) is 1. The Morgan fingerprint density at radius 2 is 2.07 bits per heavy atom. The van der Waals surface area contributed by atoms with E-state index in [1.807, 2.05) is 0 Å². The first-order valence-electron chi connectivity index (χ1n) is 5.70. The van der Waals surface area contributed by atoms with Crippen molar-refractivity contribution in [3.8, 4) is 0 Å². The van der Waals surface area contributed by atoms with Crippen molar-refractivity contribution in [2.24, 2.45) is 5.73 Å². The number of likely N-dealkylation sites (N-methyl/N-ethyl adjacent to an activating group) is 1. The molecule has 0 rings (SSSR count). The first kappa shape index (κ1) is 14.8. The molecule has 2 unspecified atom stereocenters. The Kier molecular flexibility index (Phi) is 9.00. The fourth-order valence-corrected chi connectivity index (χ4v) is 1.33. The standard InChI is InChI=1S/C11H27N3O/c1-10(14(2)3)8-13-11(9-15-4)6-5-7-12/h10-11,13H,5-9,12H2,1-4H3. The van der Waals surface area contributed by atoms with Crippen LogP contribution in [0.2, 0.25) is 0 Å². The van der Waals surface area contributed by atoms with Gasteiger partial charge in [0.2, 0.25) is 0 Å². The average Bonchev–Trinajstić information content (AvgIpc) is 2.21. The molecule has 0 aromatic rings. The summed E-state index contributed by atoms with van der Waals surface area (Å²) in [6.07, 6.45) is 2.14. The van der Waals surface area contributed by atoms with Crippen molar-refractivity contribution in [3.63, 3.8) is 0 Å². The molecule has 3 N–H and O–H groups in total. The lowest BCUT2D eigenvalue weighted by molar-refractivity contribution is 0.156. The molecule has 92 valence electrons. The van der Waals surface area contributed by atoms with Crippen LogP contribution in [-0.2, 0) is 4.74 Å². The Balaban J connectivity index is 3.73. The minimum absolute atomic E-state index is 0.431. The van der Waals surface area contributed by atoms with E-state index in [2.05, 4.69) is 31.2 Å². The van der Waals surface area contributed by atoms with Gasteiger partial charge in [-0.05, 0) is 40.4 Å². The third-order valence-corrected chi connectivity index (χ3v) is 2.71. The SMILES string of the molecule is COCC(CCCN)NCC(C)N(C)C. The summed E-state index contributed by atoms with van der Waals surface area (Å²) >= 11 is 0. The molecule has 0 saturated heterocycles. The molecule has 0 saturated carbocycles. The van der Waals surface area contributed by atoms with Crippen molar-refractivity contribution in [3.05, 3.63) is 0 Å². The Morgan fingerprint density at radius 1 is 1.40 bits per heavy atom. The van der Waals surface area contributed by atoms with Crippen LogP contribution in [-0.4, -0.2) is 57.9 Å². The molecule has 0 aliphatic rings. The summed E-state index contributed by atoms with van der Waals surface area (Å²) in [6, 6.07) is 0.975. The highest BCUT2D eigenvalue weighted by atomic mass is 16.5. The lowest BCUT2D eigenvalue weighted by Crippen LogP contribution is -2.42. The Hall–Kier alpha value is -0.160. The highest BCUT2D eigenvalue weighted by Crippen LogP contribution is 1.98. The van der Waals surface area contributed by atoms with Crippen LogP contribution in [0.4, 0.5) is 0 Å². The lowest BCUT2D eigenvalue weighted by atomic mass is 10.1. The molecule has 0 aliphatic carbocycles. The van der Waals surface area contributed by atoms with Gasteiger partial charge in [-0.25, -0.2) is 0 Å². The third kappa shape index (κ3) is 7.73. The number of hydrogen-bond acceptors (Lipinski definition) is 4. The van der Waals surface area contributed by atoms with Gasteiger partial charge in [-0.15, -0.1) is 0 Å². The van der Waals surface area contributed by atoms with Crippen LogP contribution in [0, 0.1) is 0 Å². The van der Waals surface area contributed by atoms with E-state index < -0.39 is 0 Å². The zero-order valence-electron chi connectivity index (χ0n) is 10.6. The maximum atomic E-state index is 5.50. The number of methoxy groups -OCH3 is 1. The predicted octanol–water partition coefficient (Wildman–Crippen LogP) is 0.280. The van der Waals surface area contributed by atoms with Gasteiger partial charge >= 0.3 is 0 Å². The number of ether oxygens (including phenoxy) is 1. The van der Waals surface area contributed by atoms with E-state index in [0.717, 1.165) is 32.5 Å². The topological polar surface area (TPSA) is 50.5 Å². The van der Waals surface area contributed by atoms with Crippen molar-refractivity contribution in [2.75, 3.05) is 40.9 Å². The average molecular weight is 217 g/mol. The van der Waals surface area contributed by atoms with Crippen LogP contribution < -0.4 is 11.1 Å². The molecule has 0 bridgehead atoms. The first-order chi connectivity index (χ1) is 7.11. The van der Waals surface area contributed by atoms with Crippen LogP contribution in [0.1, 0.15) is 19.8 Å². The molecular formula is C11H27N3O. The summed E-state index contributed by atoms with van der Waals surface area (Å²) in [5, 5.41) is 3.51. The summed E-state index contributed by atoms with van der Waals surface area (Å²) < 4.78 is 5.18. The highest BCUT2D eigenvalue weighted by molar-refractivity contribution is 4.71. The quantitative estimate of drug-likeness (QED) is 0.582. The van der Waals surface area contributed by atoms with Crippen LogP contribution in [0.15, 0.2) is 0 Å². The molecule has 0 fully saturated rings. The molecule has 0 aromatic carbocycles. The van der Waals surface area contributed by atoms with Crippen LogP contribution in [0.25, 0.3) is 0 Å². The second-order valence-corrected chi connectivity index (χ2v) is 4.30. The molecule has 4 nitrogen and oxygen atoms in total. The lowest BCUT2D eigenvalue weighted by Gasteiger charge is -2.24. The van der Waals surface area contributed by atoms with E-state index in [4.69, 9.17) is 10.5 Å². The molecule has 0 aromatic heterocycles. The summed E-state index contributed by atoms with van der Waals surface area (Å²) in [7, 11) is 5.93. The van der Waals surface area contributed by atoms with E-state index in [-0.39, 0.29) is 0 Å². The van der Waals surface area contributed by atoms with Gasteiger partial charge in [0, 0.05) is 25.7 Å². The molecule has 0 spiro atoms. The number of rotatable bonds is 9. The fourth-order valence-electron chi connectivity index (χ4n) is 1.33. The molecular weight excluding hydrogens is 190 g/mol. The summed E-state index contributed by atoms with van der Waals surface area (Å²) in [5.41, 5.74) is 5.50. The van der Waals surface area contributed by atoms with Crippen LogP contribution in [0.5, 0.6) is 0 Å². The van der Waals surface area contributed by atoms with Gasteiger partial charge in [-0.3, -0.25) is 0 Å². The van der Waals surface area contributed by atoms with E-state index in [0.29, 0.717) is 12.1 Å². The van der Waals surface area contributed by atoms with Gasteiger partial charge in [-0.1, -0.05) is 0 Å². The molecule has 2 atom stereocenters. The Labute approximate surface area is 94.2 Å². The maximum absolute atomic E-state index is 5.50. The predicted molar refractivity (Wildman–Crippen MR) is 65.1 cm³/mol. The third-order valence-electron chi connectivity index (χ3n) is 2.71. The normalized spacial score (nSPS) is 15.6.